The second-order valence-electron chi connectivity index (χ2n) is 5.41. The molecule has 5 nitrogen and oxygen atoms in total. The van der Waals surface area contributed by atoms with Crippen molar-refractivity contribution in [3.8, 4) is 0 Å². The Morgan fingerprint density at radius 2 is 1.86 bits per heavy atom. The fraction of sp³-hybridized carbons (Fsp3) is 1.00. The van der Waals surface area contributed by atoms with Gasteiger partial charge in [-0.2, -0.15) is 30.2 Å². The number of halogens is 3. The van der Waals surface area contributed by atoms with Crippen LogP contribution in [0, 0.1) is 5.92 Å². The van der Waals surface area contributed by atoms with Crippen LogP contribution in [-0.4, -0.2) is 61.1 Å². The highest BCUT2D eigenvalue weighted by molar-refractivity contribution is 7.86. The molecule has 1 N–H and O–H groups in total. The molecule has 0 radical (unpaired) electrons. The van der Waals surface area contributed by atoms with Gasteiger partial charge in [-0.05, 0) is 25.2 Å². The maximum absolute atomic E-state index is 12.4. The second-order valence-corrected chi connectivity index (χ2v) is 7.44. The van der Waals surface area contributed by atoms with E-state index in [4.69, 9.17) is 0 Å². The number of piperidine rings is 1. The number of rotatable bonds is 6. The number of hydrogen-bond donors (Lipinski definition) is 1. The van der Waals surface area contributed by atoms with Crippen LogP contribution in [0.1, 0.15) is 32.6 Å². The summed E-state index contributed by atoms with van der Waals surface area (Å²) >= 11 is 0. The van der Waals surface area contributed by atoms with Crippen molar-refractivity contribution < 1.29 is 26.7 Å². The molecule has 0 aliphatic carbocycles. The zero-order valence-corrected chi connectivity index (χ0v) is 13.1. The summed E-state index contributed by atoms with van der Waals surface area (Å²) in [6, 6.07) is 0. The molecule has 126 valence electrons. The van der Waals surface area contributed by atoms with Crippen molar-refractivity contribution in [3.63, 3.8) is 0 Å². The fourth-order valence-corrected chi connectivity index (χ4v) is 3.81. The molecule has 1 saturated heterocycles. The minimum atomic E-state index is -4.65. The van der Waals surface area contributed by atoms with Gasteiger partial charge in [-0.3, -0.25) is 0 Å². The highest BCUT2D eigenvalue weighted by Crippen LogP contribution is 2.32. The molecule has 1 aliphatic rings. The van der Waals surface area contributed by atoms with E-state index in [1.807, 2.05) is 6.92 Å². The maximum atomic E-state index is 12.4. The monoisotopic (exact) mass is 332 g/mol. The van der Waals surface area contributed by atoms with Gasteiger partial charge in [0.15, 0.2) is 6.10 Å². The molecule has 1 rings (SSSR count). The van der Waals surface area contributed by atoms with Gasteiger partial charge in [-0.15, -0.1) is 0 Å². The minimum Gasteiger partial charge on any atom is -0.383 e. The van der Waals surface area contributed by atoms with Gasteiger partial charge in [0.1, 0.15) is 0 Å². The van der Waals surface area contributed by atoms with E-state index in [9.17, 15) is 26.7 Å². The number of unbranched alkanes of at least 4 members (excludes halogenated alkanes) is 1. The Kier molecular flexibility index (Phi) is 6.45. The molecule has 9 heteroatoms. The summed E-state index contributed by atoms with van der Waals surface area (Å²) in [6.45, 7) is 2.36. The first-order valence-electron chi connectivity index (χ1n) is 7.07. The normalized spacial score (nSPS) is 20.9. The quantitative estimate of drug-likeness (QED) is 0.804. The molecular formula is C12H23F3N2O3S. The van der Waals surface area contributed by atoms with Crippen LogP contribution in [0.2, 0.25) is 0 Å². The molecule has 0 amide bonds. The lowest BCUT2D eigenvalue weighted by molar-refractivity contribution is -0.222. The van der Waals surface area contributed by atoms with E-state index in [0.717, 1.165) is 12.8 Å². The second kappa shape index (κ2) is 7.26. The van der Waals surface area contributed by atoms with Crippen molar-refractivity contribution in [3.05, 3.63) is 0 Å². The lowest BCUT2D eigenvalue weighted by atomic mass is 9.92. The summed E-state index contributed by atoms with van der Waals surface area (Å²) in [5, 5.41) is 9.22. The summed E-state index contributed by atoms with van der Waals surface area (Å²) < 4.78 is 64.2. The number of nitrogens with zero attached hydrogens (tertiary/aromatic N) is 2. The van der Waals surface area contributed by atoms with E-state index >= 15 is 0 Å². The Labute approximate surface area is 123 Å². The summed E-state index contributed by atoms with van der Waals surface area (Å²) in [7, 11) is -2.14. The van der Waals surface area contributed by atoms with Gasteiger partial charge in [-0.25, -0.2) is 0 Å². The standard InChI is InChI=1S/C12H23F3N2O3S/c1-3-4-7-16(2)21(19,20)17-8-5-10(6-9-17)11(18)12(13,14)15/h10-11,18H,3-9H2,1-2H3. The highest BCUT2D eigenvalue weighted by atomic mass is 32.2. The Bertz CT molecular complexity index is 420. The molecule has 0 spiro atoms. The third kappa shape index (κ3) is 4.80. The topological polar surface area (TPSA) is 60.9 Å². The molecule has 0 aromatic carbocycles. The summed E-state index contributed by atoms with van der Waals surface area (Å²) in [5.41, 5.74) is 0. The SMILES string of the molecule is CCCCN(C)S(=O)(=O)N1CCC(C(O)C(F)(F)F)CC1. The van der Waals surface area contributed by atoms with Crippen molar-refractivity contribution in [1.82, 2.24) is 8.61 Å². The van der Waals surface area contributed by atoms with Gasteiger partial charge in [-0.1, -0.05) is 13.3 Å². The van der Waals surface area contributed by atoms with Gasteiger partial charge >= 0.3 is 6.18 Å². The van der Waals surface area contributed by atoms with E-state index in [2.05, 4.69) is 0 Å². The average molecular weight is 332 g/mol. The van der Waals surface area contributed by atoms with Gasteiger partial charge < -0.3 is 5.11 Å². The molecule has 0 saturated carbocycles. The van der Waals surface area contributed by atoms with Crippen molar-refractivity contribution in [2.45, 2.75) is 44.9 Å². The van der Waals surface area contributed by atoms with Crippen LogP contribution in [0.4, 0.5) is 13.2 Å². The molecule has 0 aromatic rings. The van der Waals surface area contributed by atoms with Crippen LogP contribution in [0.3, 0.4) is 0 Å². The largest absolute Gasteiger partial charge is 0.414 e. The minimum absolute atomic E-state index is 0.0105. The summed E-state index contributed by atoms with van der Waals surface area (Å²) in [6.07, 6.45) is -5.40. The van der Waals surface area contributed by atoms with Crippen LogP contribution < -0.4 is 0 Å². The third-order valence-electron chi connectivity index (χ3n) is 3.83. The first-order chi connectivity index (χ1) is 9.60. The number of aliphatic hydroxyl groups is 1. The molecule has 21 heavy (non-hydrogen) atoms. The van der Waals surface area contributed by atoms with Gasteiger partial charge in [0, 0.05) is 26.7 Å². The summed E-state index contributed by atoms with van der Waals surface area (Å²) in [4.78, 5) is 0. The Morgan fingerprint density at radius 1 is 1.33 bits per heavy atom. The van der Waals surface area contributed by atoms with Gasteiger partial charge in [0.25, 0.3) is 10.2 Å². The molecule has 0 bridgehead atoms. The average Bonchev–Trinajstić information content (AvgIpc) is 2.42. The molecule has 1 heterocycles. The van der Waals surface area contributed by atoms with Gasteiger partial charge in [0.2, 0.25) is 0 Å². The number of hydrogen-bond acceptors (Lipinski definition) is 3. The lowest BCUT2D eigenvalue weighted by Gasteiger charge is -2.35. The van der Waals surface area contributed by atoms with Crippen LogP contribution in [0.5, 0.6) is 0 Å². The van der Waals surface area contributed by atoms with E-state index in [1.54, 1.807) is 0 Å². The van der Waals surface area contributed by atoms with E-state index < -0.39 is 28.4 Å². The Morgan fingerprint density at radius 3 is 2.29 bits per heavy atom. The van der Waals surface area contributed by atoms with Crippen LogP contribution in [0.15, 0.2) is 0 Å². The molecule has 1 atom stereocenters. The van der Waals surface area contributed by atoms with E-state index in [0.29, 0.717) is 6.54 Å². The molecular weight excluding hydrogens is 309 g/mol. The van der Waals surface area contributed by atoms with Crippen LogP contribution in [0.25, 0.3) is 0 Å². The zero-order chi connectivity index (χ0) is 16.3. The van der Waals surface area contributed by atoms with Crippen molar-refractivity contribution in [1.29, 1.82) is 0 Å². The maximum Gasteiger partial charge on any atom is 0.414 e. The number of aliphatic hydroxyl groups excluding tert-OH is 1. The fourth-order valence-electron chi connectivity index (χ4n) is 2.38. The first-order valence-corrected chi connectivity index (χ1v) is 8.46. The van der Waals surface area contributed by atoms with Crippen molar-refractivity contribution in [2.75, 3.05) is 26.7 Å². The van der Waals surface area contributed by atoms with Crippen molar-refractivity contribution in [2.24, 2.45) is 5.92 Å². The zero-order valence-electron chi connectivity index (χ0n) is 12.3. The lowest BCUT2D eigenvalue weighted by Crippen LogP contribution is -2.49. The van der Waals surface area contributed by atoms with E-state index in [1.165, 1.54) is 15.7 Å². The molecule has 1 aliphatic heterocycles. The van der Waals surface area contributed by atoms with Crippen LogP contribution in [-0.2, 0) is 10.2 Å². The Balaban J connectivity index is 2.60. The summed E-state index contributed by atoms with van der Waals surface area (Å²) in [5.74, 6) is -0.933. The highest BCUT2D eigenvalue weighted by Gasteiger charge is 2.45. The smallest absolute Gasteiger partial charge is 0.383 e. The predicted octanol–water partition coefficient (Wildman–Crippen LogP) is 1.60. The molecule has 0 aromatic heterocycles. The number of alkyl halides is 3. The Hall–Kier alpha value is -0.380. The molecule has 1 unspecified atom stereocenters. The first kappa shape index (κ1) is 18.7. The predicted molar refractivity (Wildman–Crippen MR) is 72.8 cm³/mol. The van der Waals surface area contributed by atoms with Crippen molar-refractivity contribution >= 4 is 10.2 Å². The van der Waals surface area contributed by atoms with Gasteiger partial charge in [0.05, 0.1) is 0 Å². The third-order valence-corrected chi connectivity index (χ3v) is 5.82. The van der Waals surface area contributed by atoms with Crippen LogP contribution >= 0.6 is 0 Å². The molecule has 1 fully saturated rings. The van der Waals surface area contributed by atoms with E-state index in [-0.39, 0.29) is 25.9 Å².